The van der Waals surface area contributed by atoms with E-state index in [2.05, 4.69) is 15.1 Å². The molecule has 0 aliphatic heterocycles. The van der Waals surface area contributed by atoms with Gasteiger partial charge in [-0.05, 0) is 12.5 Å². The number of fused-ring (bicyclic) bond motifs is 1. The van der Waals surface area contributed by atoms with Crippen LogP contribution in [0.2, 0.25) is 0 Å². The molecule has 0 saturated heterocycles. The van der Waals surface area contributed by atoms with Crippen molar-refractivity contribution in [3.05, 3.63) is 52.5 Å². The van der Waals surface area contributed by atoms with Gasteiger partial charge in [-0.2, -0.15) is 5.10 Å². The number of nitrogens with zero attached hydrogens (tertiary/aromatic N) is 6. The molecule has 2 heterocycles. The molecule has 1 aromatic carbocycles. The Kier molecular flexibility index (Phi) is 3.65. The van der Waals surface area contributed by atoms with Crippen molar-refractivity contribution in [1.82, 2.24) is 19.7 Å². The van der Waals surface area contributed by atoms with Crippen LogP contribution in [-0.2, 0) is 7.05 Å². The molecule has 23 heavy (non-hydrogen) atoms. The van der Waals surface area contributed by atoms with E-state index in [1.807, 2.05) is 32.0 Å². The SMILES string of the molecule is C[C@@H](c1cccc([N+](=O)[O-])c1)N(C)c1ncnc2c1cnn2C. The van der Waals surface area contributed by atoms with Crippen LogP contribution in [0, 0.1) is 10.1 Å². The normalized spacial score (nSPS) is 12.3. The molecule has 0 aliphatic carbocycles. The summed E-state index contributed by atoms with van der Waals surface area (Å²) in [5, 5.41) is 16.0. The summed E-state index contributed by atoms with van der Waals surface area (Å²) >= 11 is 0. The number of anilines is 1. The molecule has 2 aromatic heterocycles. The number of nitro benzene ring substituents is 1. The summed E-state index contributed by atoms with van der Waals surface area (Å²) in [6.07, 6.45) is 3.22. The quantitative estimate of drug-likeness (QED) is 0.543. The topological polar surface area (TPSA) is 90.0 Å². The van der Waals surface area contributed by atoms with Crippen LogP contribution in [0.5, 0.6) is 0 Å². The Morgan fingerprint density at radius 3 is 2.87 bits per heavy atom. The van der Waals surface area contributed by atoms with Crippen molar-refractivity contribution in [3.8, 4) is 0 Å². The van der Waals surface area contributed by atoms with Gasteiger partial charge < -0.3 is 4.90 Å². The van der Waals surface area contributed by atoms with Crippen LogP contribution in [0.1, 0.15) is 18.5 Å². The minimum atomic E-state index is -0.389. The first kappa shape index (κ1) is 14.9. The molecule has 0 radical (unpaired) electrons. The molecular weight excluding hydrogens is 296 g/mol. The van der Waals surface area contributed by atoms with Crippen molar-refractivity contribution in [2.24, 2.45) is 7.05 Å². The van der Waals surface area contributed by atoms with E-state index in [9.17, 15) is 10.1 Å². The first-order chi connectivity index (χ1) is 11.0. The highest BCUT2D eigenvalue weighted by atomic mass is 16.6. The molecule has 1 atom stereocenters. The van der Waals surface area contributed by atoms with Crippen LogP contribution in [0.25, 0.3) is 11.0 Å². The van der Waals surface area contributed by atoms with Crippen LogP contribution < -0.4 is 4.90 Å². The summed E-state index contributed by atoms with van der Waals surface area (Å²) in [7, 11) is 3.72. The first-order valence-corrected chi connectivity index (χ1v) is 7.09. The van der Waals surface area contributed by atoms with Gasteiger partial charge in [0.2, 0.25) is 0 Å². The number of rotatable bonds is 4. The Morgan fingerprint density at radius 2 is 2.13 bits per heavy atom. The fraction of sp³-hybridized carbons (Fsp3) is 0.267. The summed E-state index contributed by atoms with van der Waals surface area (Å²) in [5.41, 5.74) is 1.67. The number of hydrogen-bond donors (Lipinski definition) is 0. The molecule has 0 N–H and O–H groups in total. The van der Waals surface area contributed by atoms with Crippen LogP contribution >= 0.6 is 0 Å². The van der Waals surface area contributed by atoms with Gasteiger partial charge in [0.25, 0.3) is 5.69 Å². The zero-order valence-electron chi connectivity index (χ0n) is 13.0. The number of aromatic nitrogens is 4. The smallest absolute Gasteiger partial charge is 0.269 e. The highest BCUT2D eigenvalue weighted by molar-refractivity contribution is 5.86. The lowest BCUT2D eigenvalue weighted by Crippen LogP contribution is -2.23. The van der Waals surface area contributed by atoms with E-state index in [-0.39, 0.29) is 16.7 Å². The Hall–Kier alpha value is -3.03. The van der Waals surface area contributed by atoms with Gasteiger partial charge in [-0.3, -0.25) is 14.8 Å². The lowest BCUT2D eigenvalue weighted by atomic mass is 10.1. The molecule has 0 aliphatic rings. The average molecular weight is 312 g/mol. The fourth-order valence-electron chi connectivity index (χ4n) is 2.54. The zero-order chi connectivity index (χ0) is 16.6. The maximum Gasteiger partial charge on any atom is 0.269 e. The Labute approximate surface area is 132 Å². The van der Waals surface area contributed by atoms with E-state index >= 15 is 0 Å². The molecular formula is C15H16N6O2. The molecule has 8 heteroatoms. The van der Waals surface area contributed by atoms with Crippen molar-refractivity contribution in [2.75, 3.05) is 11.9 Å². The summed E-state index contributed by atoms with van der Waals surface area (Å²) in [6.45, 7) is 1.98. The fourth-order valence-corrected chi connectivity index (χ4v) is 2.54. The van der Waals surface area contributed by atoms with Gasteiger partial charge in [0.1, 0.15) is 12.1 Å². The third-order valence-electron chi connectivity index (χ3n) is 3.99. The molecule has 0 amide bonds. The van der Waals surface area contributed by atoms with Gasteiger partial charge >= 0.3 is 0 Å². The second-order valence-corrected chi connectivity index (χ2v) is 5.34. The number of hydrogen-bond acceptors (Lipinski definition) is 6. The minimum Gasteiger partial charge on any atom is -0.352 e. The monoisotopic (exact) mass is 312 g/mol. The summed E-state index contributed by atoms with van der Waals surface area (Å²) in [5.74, 6) is 0.738. The molecule has 3 rings (SSSR count). The van der Waals surface area contributed by atoms with E-state index in [4.69, 9.17) is 0 Å². The third-order valence-corrected chi connectivity index (χ3v) is 3.99. The predicted molar refractivity (Wildman–Crippen MR) is 86.2 cm³/mol. The van der Waals surface area contributed by atoms with Gasteiger partial charge in [-0.25, -0.2) is 9.97 Å². The largest absolute Gasteiger partial charge is 0.352 e. The standard InChI is InChI=1S/C15H16N6O2/c1-10(11-5-4-6-12(7-11)21(22)23)19(2)14-13-8-18-20(3)15(13)17-9-16-14/h4-10H,1-3H3/t10-/m0/s1. The number of benzene rings is 1. The van der Waals surface area contributed by atoms with Crippen LogP contribution in [0.4, 0.5) is 11.5 Å². The molecule has 0 fully saturated rings. The van der Waals surface area contributed by atoms with Gasteiger partial charge in [-0.1, -0.05) is 12.1 Å². The lowest BCUT2D eigenvalue weighted by molar-refractivity contribution is -0.384. The number of non-ortho nitro benzene ring substituents is 1. The second-order valence-electron chi connectivity index (χ2n) is 5.34. The lowest BCUT2D eigenvalue weighted by Gasteiger charge is -2.26. The Morgan fingerprint density at radius 1 is 1.35 bits per heavy atom. The molecule has 0 bridgehead atoms. The number of aryl methyl sites for hydroxylation is 1. The van der Waals surface area contributed by atoms with E-state index in [1.165, 1.54) is 12.4 Å². The highest BCUT2D eigenvalue weighted by Crippen LogP contribution is 2.29. The van der Waals surface area contributed by atoms with Gasteiger partial charge in [0.05, 0.1) is 22.5 Å². The Bertz CT molecular complexity index is 875. The molecule has 3 aromatic rings. The maximum atomic E-state index is 11.0. The van der Waals surface area contributed by atoms with Crippen LogP contribution in [0.3, 0.4) is 0 Å². The molecule has 0 saturated carbocycles. The van der Waals surface area contributed by atoms with Gasteiger partial charge in [0.15, 0.2) is 5.65 Å². The maximum absolute atomic E-state index is 11.0. The van der Waals surface area contributed by atoms with Crippen molar-refractivity contribution >= 4 is 22.5 Å². The van der Waals surface area contributed by atoms with Crippen LogP contribution in [0.15, 0.2) is 36.8 Å². The predicted octanol–water partition coefficient (Wildman–Crippen LogP) is 2.47. The van der Waals surface area contributed by atoms with Gasteiger partial charge in [0, 0.05) is 26.2 Å². The third kappa shape index (κ3) is 2.59. The first-order valence-electron chi connectivity index (χ1n) is 7.09. The van der Waals surface area contributed by atoms with Crippen molar-refractivity contribution < 1.29 is 4.92 Å². The minimum absolute atomic E-state index is 0.0805. The van der Waals surface area contributed by atoms with Crippen molar-refractivity contribution in [3.63, 3.8) is 0 Å². The molecule has 0 spiro atoms. The zero-order valence-corrected chi connectivity index (χ0v) is 13.0. The van der Waals surface area contributed by atoms with Crippen molar-refractivity contribution in [1.29, 1.82) is 0 Å². The molecule has 0 unspecified atom stereocenters. The Balaban J connectivity index is 2.00. The van der Waals surface area contributed by atoms with E-state index in [1.54, 1.807) is 23.0 Å². The van der Waals surface area contributed by atoms with Crippen molar-refractivity contribution in [2.45, 2.75) is 13.0 Å². The number of nitro groups is 1. The summed E-state index contributed by atoms with van der Waals surface area (Å²) < 4.78 is 1.69. The molecule has 8 nitrogen and oxygen atoms in total. The average Bonchev–Trinajstić information content (AvgIpc) is 2.95. The van der Waals surface area contributed by atoms with Gasteiger partial charge in [-0.15, -0.1) is 0 Å². The van der Waals surface area contributed by atoms with E-state index in [0.29, 0.717) is 0 Å². The second kappa shape index (κ2) is 5.64. The summed E-state index contributed by atoms with van der Waals surface area (Å²) in [4.78, 5) is 21.1. The molecule has 118 valence electrons. The van der Waals surface area contributed by atoms with E-state index < -0.39 is 0 Å². The van der Waals surface area contributed by atoms with E-state index in [0.717, 1.165) is 22.4 Å². The highest BCUT2D eigenvalue weighted by Gasteiger charge is 2.19. The summed E-state index contributed by atoms with van der Waals surface area (Å²) in [6, 6.07) is 6.55. The van der Waals surface area contributed by atoms with Crippen LogP contribution in [-0.4, -0.2) is 31.7 Å².